The van der Waals surface area contributed by atoms with Crippen LogP contribution in [0.2, 0.25) is 5.02 Å². The lowest BCUT2D eigenvalue weighted by molar-refractivity contribution is -0.127. The highest BCUT2D eigenvalue weighted by Crippen LogP contribution is 2.32. The molecule has 0 radical (unpaired) electrons. The molecule has 6 nitrogen and oxygen atoms in total. The Balaban J connectivity index is 1.80. The molecule has 2 atom stereocenters. The van der Waals surface area contributed by atoms with Crippen molar-refractivity contribution in [1.82, 2.24) is 15.4 Å². The van der Waals surface area contributed by atoms with Crippen LogP contribution in [-0.4, -0.2) is 35.2 Å². The Morgan fingerprint density at radius 3 is 2.45 bits per heavy atom. The number of unbranched alkanes of at least 4 members (excludes halogenated alkanes) is 1. The predicted octanol–water partition coefficient (Wildman–Crippen LogP) is 5.83. The Morgan fingerprint density at radius 2 is 1.82 bits per heavy atom. The highest BCUT2D eigenvalue weighted by molar-refractivity contribution is 8.12. The lowest BCUT2D eigenvalue weighted by Gasteiger charge is -2.21. The Morgan fingerprint density at radius 1 is 1.13 bits per heavy atom. The van der Waals surface area contributed by atoms with Gasteiger partial charge in [-0.05, 0) is 55.9 Å². The van der Waals surface area contributed by atoms with Gasteiger partial charge in [-0.1, -0.05) is 80.2 Å². The molecular formula is C28H35ClFN3O3S2. The van der Waals surface area contributed by atoms with Crippen molar-refractivity contribution in [3.05, 3.63) is 82.5 Å². The van der Waals surface area contributed by atoms with E-state index in [1.165, 1.54) is 23.9 Å². The van der Waals surface area contributed by atoms with Crippen molar-refractivity contribution in [1.29, 1.82) is 0 Å². The molecule has 38 heavy (non-hydrogen) atoms. The number of allylic oxidation sites excluding steroid dienone is 1. The molecule has 2 aromatic rings. The number of rotatable bonds is 15. The number of hydrogen-bond acceptors (Lipinski definition) is 4. The zero-order chi connectivity index (χ0) is 28.1. The van der Waals surface area contributed by atoms with Gasteiger partial charge in [0.05, 0.1) is 14.8 Å². The van der Waals surface area contributed by atoms with Gasteiger partial charge in [-0.15, -0.1) is 0 Å². The van der Waals surface area contributed by atoms with Crippen LogP contribution in [0.3, 0.4) is 0 Å². The molecule has 0 aliphatic heterocycles. The first-order valence-electron chi connectivity index (χ1n) is 12.4. The monoisotopic (exact) mass is 579 g/mol. The van der Waals surface area contributed by atoms with Crippen LogP contribution in [-0.2, 0) is 20.6 Å². The molecule has 0 saturated carbocycles. The summed E-state index contributed by atoms with van der Waals surface area (Å²) < 4.78 is 28.3. The second-order valence-electron chi connectivity index (χ2n) is 8.94. The van der Waals surface area contributed by atoms with Gasteiger partial charge in [0.15, 0.2) is 0 Å². The van der Waals surface area contributed by atoms with E-state index in [2.05, 4.69) is 21.9 Å². The first-order chi connectivity index (χ1) is 18.1. The number of hydrogen-bond donors (Lipinski definition) is 3. The van der Waals surface area contributed by atoms with Crippen molar-refractivity contribution in [2.75, 3.05) is 13.1 Å². The van der Waals surface area contributed by atoms with E-state index in [4.69, 9.17) is 11.6 Å². The van der Waals surface area contributed by atoms with E-state index in [1.54, 1.807) is 0 Å². The van der Waals surface area contributed by atoms with E-state index in [1.807, 2.05) is 57.2 Å². The fraction of sp³-hybridized carbons (Fsp3) is 0.357. The van der Waals surface area contributed by atoms with Gasteiger partial charge >= 0.3 is 0 Å². The van der Waals surface area contributed by atoms with Gasteiger partial charge in [-0.25, -0.2) is 13.3 Å². The minimum Gasteiger partial charge on any atom is -0.354 e. The summed E-state index contributed by atoms with van der Waals surface area (Å²) in [5, 5.41) is 5.81. The standard InChI is InChI=1S/C28H35ClFN3O3S2/c1-5-25(21-11-7-6-8-12-21)37-20(4)27(34)33-24(17-19(2)3)28(35)31-15-9-10-16-32-38(36)26-14-13-22(30)18-23(26)29/h5-8,11-14,18-19,24,32H,4,9-10,15-17H2,1-3H3,(H,31,35)(H,33,34)/b25-5-. The maximum Gasteiger partial charge on any atom is 0.258 e. The van der Waals surface area contributed by atoms with Crippen molar-refractivity contribution in [3.8, 4) is 0 Å². The number of thioether (sulfide) groups is 1. The Bertz CT molecular complexity index is 1160. The fourth-order valence-electron chi connectivity index (χ4n) is 3.46. The minimum absolute atomic E-state index is 0.101. The van der Waals surface area contributed by atoms with Crippen LogP contribution in [0.4, 0.5) is 4.39 Å². The first-order valence-corrected chi connectivity index (χ1v) is 14.7. The van der Waals surface area contributed by atoms with Crippen LogP contribution < -0.4 is 15.4 Å². The second-order valence-corrected chi connectivity index (χ2v) is 11.7. The summed E-state index contributed by atoms with van der Waals surface area (Å²) in [4.78, 5) is 27.2. The van der Waals surface area contributed by atoms with Crippen LogP contribution in [0, 0.1) is 11.7 Å². The molecule has 10 heteroatoms. The summed E-state index contributed by atoms with van der Waals surface area (Å²) in [6.45, 7) is 10.6. The normalized spacial score (nSPS) is 13.2. The van der Waals surface area contributed by atoms with Crippen molar-refractivity contribution >= 4 is 51.1 Å². The van der Waals surface area contributed by atoms with Crippen molar-refractivity contribution in [3.63, 3.8) is 0 Å². The van der Waals surface area contributed by atoms with Gasteiger partial charge in [0, 0.05) is 18.0 Å². The lowest BCUT2D eigenvalue weighted by atomic mass is 10.0. The number of amides is 2. The maximum absolute atomic E-state index is 13.2. The van der Waals surface area contributed by atoms with Crippen molar-refractivity contribution in [2.45, 2.75) is 51.0 Å². The quantitative estimate of drug-likeness (QED) is 0.183. The highest BCUT2D eigenvalue weighted by atomic mass is 35.5. The molecule has 0 aromatic heterocycles. The van der Waals surface area contributed by atoms with Crippen molar-refractivity contribution < 1.29 is 18.2 Å². The minimum atomic E-state index is -1.56. The summed E-state index contributed by atoms with van der Waals surface area (Å²) in [5.74, 6) is -0.929. The molecule has 0 heterocycles. The van der Waals surface area contributed by atoms with Gasteiger partial charge in [0.25, 0.3) is 5.91 Å². The molecule has 0 bridgehead atoms. The lowest BCUT2D eigenvalue weighted by Crippen LogP contribution is -2.47. The number of carbonyl (C=O) groups is 2. The van der Waals surface area contributed by atoms with Gasteiger partial charge < -0.3 is 10.6 Å². The molecule has 206 valence electrons. The largest absolute Gasteiger partial charge is 0.354 e. The third kappa shape index (κ3) is 10.7. The average Bonchev–Trinajstić information content (AvgIpc) is 2.88. The van der Waals surface area contributed by atoms with E-state index < -0.39 is 22.8 Å². The van der Waals surface area contributed by atoms with Crippen LogP contribution in [0.25, 0.3) is 4.91 Å². The van der Waals surface area contributed by atoms with Gasteiger partial charge in [0.1, 0.15) is 22.8 Å². The molecule has 2 rings (SSSR count). The molecule has 0 spiro atoms. The van der Waals surface area contributed by atoms with E-state index in [0.29, 0.717) is 42.2 Å². The van der Waals surface area contributed by atoms with Crippen molar-refractivity contribution in [2.24, 2.45) is 5.92 Å². The van der Waals surface area contributed by atoms with E-state index in [9.17, 15) is 18.2 Å². The topological polar surface area (TPSA) is 87.3 Å². The second kappa shape index (κ2) is 16.5. The summed E-state index contributed by atoms with van der Waals surface area (Å²) in [6, 6.07) is 12.8. The molecule has 0 fully saturated rings. The Hall–Kier alpha value is -2.46. The van der Waals surface area contributed by atoms with Crippen LogP contribution in [0.5, 0.6) is 0 Å². The average molecular weight is 580 g/mol. The number of nitrogens with one attached hydrogen (secondary N) is 3. The SMILES string of the molecule is C=C(S/C(=C\C)c1ccccc1)C(=O)NC(CC(C)C)C(=O)NCCCCNS(=O)c1ccc(F)cc1Cl. The molecule has 0 aliphatic rings. The summed E-state index contributed by atoms with van der Waals surface area (Å²) in [5.41, 5.74) is 0.990. The zero-order valence-electron chi connectivity index (χ0n) is 21.9. The third-order valence-electron chi connectivity index (χ3n) is 5.37. The Labute approximate surface area is 236 Å². The number of carbonyl (C=O) groups excluding carboxylic acids is 2. The van der Waals surface area contributed by atoms with Crippen LogP contribution >= 0.6 is 23.4 Å². The molecule has 2 aromatic carbocycles. The summed E-state index contributed by atoms with van der Waals surface area (Å²) in [6.07, 6.45) is 3.70. The maximum atomic E-state index is 13.2. The molecule has 0 saturated heterocycles. The van der Waals surface area contributed by atoms with Crippen LogP contribution in [0.15, 0.2) is 71.0 Å². The third-order valence-corrected chi connectivity index (χ3v) is 8.14. The number of benzene rings is 2. The molecule has 3 N–H and O–H groups in total. The van der Waals surface area contributed by atoms with E-state index >= 15 is 0 Å². The van der Waals surface area contributed by atoms with Crippen LogP contribution in [0.1, 0.15) is 45.6 Å². The molecule has 0 aliphatic carbocycles. The molecule has 2 amide bonds. The predicted molar refractivity (Wildman–Crippen MR) is 156 cm³/mol. The zero-order valence-corrected chi connectivity index (χ0v) is 24.3. The fourth-order valence-corrected chi connectivity index (χ4v) is 5.54. The van der Waals surface area contributed by atoms with Gasteiger partial charge in [-0.3, -0.25) is 9.59 Å². The van der Waals surface area contributed by atoms with E-state index in [-0.39, 0.29) is 22.8 Å². The van der Waals surface area contributed by atoms with Gasteiger partial charge in [0.2, 0.25) is 5.91 Å². The highest BCUT2D eigenvalue weighted by Gasteiger charge is 2.23. The summed E-state index contributed by atoms with van der Waals surface area (Å²) >= 11 is 7.21. The number of halogens is 2. The Kier molecular flexibility index (Phi) is 13.8. The first kappa shape index (κ1) is 31.8. The molecular weight excluding hydrogens is 545 g/mol. The smallest absolute Gasteiger partial charge is 0.258 e. The van der Waals surface area contributed by atoms with Gasteiger partial charge in [-0.2, -0.15) is 0 Å². The molecule has 2 unspecified atom stereocenters. The van der Waals surface area contributed by atoms with E-state index in [0.717, 1.165) is 16.5 Å². The summed E-state index contributed by atoms with van der Waals surface area (Å²) in [7, 11) is -1.56.